The van der Waals surface area contributed by atoms with Crippen LogP contribution in [0.4, 0.5) is 4.39 Å². The molecular formula is C24H23FN4O2S. The molecule has 0 bridgehead atoms. The number of rotatable bonds is 7. The molecule has 8 heteroatoms. The van der Waals surface area contributed by atoms with Crippen LogP contribution in [0.25, 0.3) is 33.9 Å². The molecule has 1 N–H and O–H groups in total. The summed E-state index contributed by atoms with van der Waals surface area (Å²) in [7, 11) is -2.15. The van der Waals surface area contributed by atoms with Gasteiger partial charge in [-0.1, -0.05) is 6.92 Å². The number of imidazole rings is 1. The van der Waals surface area contributed by atoms with Crippen LogP contribution in [0, 0.1) is 5.82 Å². The molecule has 0 saturated heterocycles. The van der Waals surface area contributed by atoms with E-state index < -0.39 is 10.0 Å². The van der Waals surface area contributed by atoms with E-state index in [2.05, 4.69) is 21.2 Å². The van der Waals surface area contributed by atoms with Crippen molar-refractivity contribution in [1.82, 2.24) is 19.3 Å². The molecule has 0 fully saturated rings. The molecule has 0 aliphatic carbocycles. The second-order valence-corrected chi connectivity index (χ2v) is 9.15. The van der Waals surface area contributed by atoms with Crippen molar-refractivity contribution in [3.8, 4) is 33.9 Å². The van der Waals surface area contributed by atoms with Gasteiger partial charge in [0.15, 0.2) is 0 Å². The maximum absolute atomic E-state index is 13.6. The number of nitrogens with one attached hydrogen (secondary N) is 1. The standard InChI is InChI=1S/C24H23FN4O2S/c1-3-16-29-23(18-12-14-27-15-13-18)22(17-4-8-20(25)9-5-17)28-24(29)19-6-10-21(11-7-19)32(30,31)26-2/h4-15,26H,3,16H2,1-2H3. The molecule has 0 aliphatic heterocycles. The molecule has 4 aromatic rings. The van der Waals surface area contributed by atoms with Crippen LogP contribution in [0.1, 0.15) is 13.3 Å². The highest BCUT2D eigenvalue weighted by Gasteiger charge is 2.21. The molecule has 6 nitrogen and oxygen atoms in total. The molecule has 0 spiro atoms. The van der Waals surface area contributed by atoms with Crippen molar-refractivity contribution in [3.63, 3.8) is 0 Å². The molecule has 4 rings (SSSR count). The van der Waals surface area contributed by atoms with Gasteiger partial charge >= 0.3 is 0 Å². The topological polar surface area (TPSA) is 76.9 Å². The maximum atomic E-state index is 13.6. The van der Waals surface area contributed by atoms with Crippen molar-refractivity contribution in [2.75, 3.05) is 7.05 Å². The van der Waals surface area contributed by atoms with Gasteiger partial charge in [-0.2, -0.15) is 0 Å². The van der Waals surface area contributed by atoms with Crippen LogP contribution in [0.15, 0.2) is 78.0 Å². The Hall–Kier alpha value is -3.36. The average Bonchev–Trinajstić information content (AvgIpc) is 3.19. The van der Waals surface area contributed by atoms with Gasteiger partial charge in [0.1, 0.15) is 11.6 Å². The zero-order chi connectivity index (χ0) is 22.7. The van der Waals surface area contributed by atoms with E-state index in [9.17, 15) is 12.8 Å². The largest absolute Gasteiger partial charge is 0.323 e. The first-order valence-electron chi connectivity index (χ1n) is 10.3. The van der Waals surface area contributed by atoms with Crippen LogP contribution in [-0.4, -0.2) is 30.0 Å². The summed E-state index contributed by atoms with van der Waals surface area (Å²) in [6.07, 6.45) is 4.32. The minimum atomic E-state index is -3.53. The fourth-order valence-corrected chi connectivity index (χ4v) is 4.36. The van der Waals surface area contributed by atoms with E-state index in [1.54, 1.807) is 48.8 Å². The predicted molar refractivity (Wildman–Crippen MR) is 123 cm³/mol. The van der Waals surface area contributed by atoms with E-state index in [0.717, 1.165) is 34.5 Å². The second-order valence-electron chi connectivity index (χ2n) is 7.26. The number of pyridine rings is 1. The summed E-state index contributed by atoms with van der Waals surface area (Å²) in [5, 5.41) is 0. The number of sulfonamides is 1. The Morgan fingerprint density at radius 1 is 0.906 bits per heavy atom. The summed E-state index contributed by atoms with van der Waals surface area (Å²) >= 11 is 0. The highest BCUT2D eigenvalue weighted by atomic mass is 32.2. The van der Waals surface area contributed by atoms with E-state index in [0.29, 0.717) is 12.4 Å². The van der Waals surface area contributed by atoms with E-state index in [1.807, 2.05) is 12.1 Å². The van der Waals surface area contributed by atoms with Gasteiger partial charge in [0.2, 0.25) is 10.0 Å². The normalized spacial score (nSPS) is 11.6. The molecule has 0 atom stereocenters. The lowest BCUT2D eigenvalue weighted by Gasteiger charge is -2.12. The highest BCUT2D eigenvalue weighted by Crippen LogP contribution is 2.36. The Labute approximate surface area is 186 Å². The van der Waals surface area contributed by atoms with Crippen LogP contribution in [0.3, 0.4) is 0 Å². The molecule has 164 valence electrons. The van der Waals surface area contributed by atoms with E-state index in [4.69, 9.17) is 4.98 Å². The second kappa shape index (κ2) is 9.02. The lowest BCUT2D eigenvalue weighted by molar-refractivity contribution is 0.588. The first-order chi connectivity index (χ1) is 15.4. The first kappa shape index (κ1) is 21.9. The Kier molecular flexibility index (Phi) is 6.16. The fraction of sp³-hybridized carbons (Fsp3) is 0.167. The molecule has 0 aliphatic rings. The van der Waals surface area contributed by atoms with Crippen molar-refractivity contribution in [1.29, 1.82) is 0 Å². The van der Waals surface area contributed by atoms with Gasteiger partial charge in [0.05, 0.1) is 16.3 Å². The van der Waals surface area contributed by atoms with Crippen LogP contribution in [0.2, 0.25) is 0 Å². The summed E-state index contributed by atoms with van der Waals surface area (Å²) in [4.78, 5) is 9.25. The monoisotopic (exact) mass is 450 g/mol. The van der Waals surface area contributed by atoms with Crippen molar-refractivity contribution < 1.29 is 12.8 Å². The summed E-state index contributed by atoms with van der Waals surface area (Å²) in [6.45, 7) is 2.79. The Morgan fingerprint density at radius 2 is 1.53 bits per heavy atom. The highest BCUT2D eigenvalue weighted by molar-refractivity contribution is 7.89. The van der Waals surface area contributed by atoms with E-state index >= 15 is 0 Å². The molecule has 2 heterocycles. The molecule has 0 amide bonds. The lowest BCUT2D eigenvalue weighted by atomic mass is 10.1. The third-order valence-corrected chi connectivity index (χ3v) is 6.61. The zero-order valence-corrected chi connectivity index (χ0v) is 18.6. The van der Waals surface area contributed by atoms with Gasteiger partial charge in [0, 0.05) is 35.6 Å². The molecule has 2 aromatic carbocycles. The zero-order valence-electron chi connectivity index (χ0n) is 17.8. The van der Waals surface area contributed by atoms with Gasteiger partial charge in [-0.3, -0.25) is 4.98 Å². The summed E-state index contributed by atoms with van der Waals surface area (Å²) in [5.41, 5.74) is 4.16. The van der Waals surface area contributed by atoms with Crippen LogP contribution in [-0.2, 0) is 16.6 Å². The lowest BCUT2D eigenvalue weighted by Crippen LogP contribution is -2.18. The SMILES string of the molecule is CCCn1c(-c2ccc(S(=O)(=O)NC)cc2)nc(-c2ccc(F)cc2)c1-c1ccncc1. The van der Waals surface area contributed by atoms with Gasteiger partial charge < -0.3 is 4.57 Å². The Balaban J connectivity index is 1.94. The average molecular weight is 451 g/mol. The predicted octanol–water partition coefficient (Wildman–Crippen LogP) is 4.74. The molecule has 0 saturated carbocycles. The smallest absolute Gasteiger partial charge is 0.240 e. The third kappa shape index (κ3) is 4.19. The third-order valence-electron chi connectivity index (χ3n) is 5.18. The van der Waals surface area contributed by atoms with Crippen LogP contribution in [0.5, 0.6) is 0 Å². The van der Waals surface area contributed by atoms with Gasteiger partial charge in [0.25, 0.3) is 0 Å². The molecule has 2 aromatic heterocycles. The van der Waals surface area contributed by atoms with Crippen LogP contribution >= 0.6 is 0 Å². The number of halogens is 1. The van der Waals surface area contributed by atoms with Crippen molar-refractivity contribution in [2.45, 2.75) is 24.8 Å². The number of nitrogens with zero attached hydrogens (tertiary/aromatic N) is 3. The van der Waals surface area contributed by atoms with Crippen molar-refractivity contribution in [3.05, 3.63) is 78.9 Å². The number of hydrogen-bond donors (Lipinski definition) is 1. The van der Waals surface area contributed by atoms with Crippen molar-refractivity contribution >= 4 is 10.0 Å². The Morgan fingerprint density at radius 3 is 2.12 bits per heavy atom. The fourth-order valence-electron chi connectivity index (χ4n) is 3.63. The van der Waals surface area contributed by atoms with Crippen LogP contribution < -0.4 is 4.72 Å². The quantitative estimate of drug-likeness (QED) is 0.441. The number of aromatic nitrogens is 3. The maximum Gasteiger partial charge on any atom is 0.240 e. The molecule has 32 heavy (non-hydrogen) atoms. The van der Waals surface area contributed by atoms with Crippen molar-refractivity contribution in [2.24, 2.45) is 0 Å². The molecular weight excluding hydrogens is 427 g/mol. The Bertz CT molecular complexity index is 1320. The summed E-state index contributed by atoms with van der Waals surface area (Å²) < 4.78 is 42.2. The molecule has 0 radical (unpaired) electrons. The molecule has 0 unspecified atom stereocenters. The minimum Gasteiger partial charge on any atom is -0.323 e. The number of hydrogen-bond acceptors (Lipinski definition) is 4. The number of benzene rings is 2. The van der Waals surface area contributed by atoms with Gasteiger partial charge in [-0.25, -0.2) is 22.5 Å². The summed E-state index contributed by atoms with van der Waals surface area (Å²) in [6, 6.07) is 16.7. The van der Waals surface area contributed by atoms with E-state index in [1.165, 1.54) is 19.2 Å². The first-order valence-corrected chi connectivity index (χ1v) is 11.7. The summed E-state index contributed by atoms with van der Waals surface area (Å²) in [5.74, 6) is 0.403. The van der Waals surface area contributed by atoms with Gasteiger partial charge in [-0.15, -0.1) is 0 Å². The minimum absolute atomic E-state index is 0.186. The van der Waals surface area contributed by atoms with Gasteiger partial charge in [-0.05, 0) is 74.1 Å². The van der Waals surface area contributed by atoms with E-state index in [-0.39, 0.29) is 10.7 Å².